The summed E-state index contributed by atoms with van der Waals surface area (Å²) in [6.45, 7) is 1.75. The summed E-state index contributed by atoms with van der Waals surface area (Å²) in [5, 5.41) is 0.581. The van der Waals surface area contributed by atoms with Crippen LogP contribution in [0.15, 0.2) is 42.6 Å². The van der Waals surface area contributed by atoms with Gasteiger partial charge in [0.2, 0.25) is 0 Å². The van der Waals surface area contributed by atoms with Gasteiger partial charge in [-0.1, -0.05) is 29.8 Å². The first-order valence-electron chi connectivity index (χ1n) is 7.16. The van der Waals surface area contributed by atoms with Gasteiger partial charge >= 0.3 is 0 Å². The van der Waals surface area contributed by atoms with Gasteiger partial charge in [0.05, 0.1) is 11.6 Å². The number of halogens is 1. The molecule has 0 atom stereocenters. The summed E-state index contributed by atoms with van der Waals surface area (Å²) in [6, 6.07) is 11.5. The molecule has 0 bridgehead atoms. The number of nitrogens with zero attached hydrogens (tertiary/aromatic N) is 3. The highest BCUT2D eigenvalue weighted by Gasteiger charge is 2.12. The number of imidazole rings is 1. The lowest BCUT2D eigenvalue weighted by atomic mass is 10.3. The van der Waals surface area contributed by atoms with Gasteiger partial charge in [0, 0.05) is 25.7 Å². The monoisotopic (exact) mass is 316 g/mol. The van der Waals surface area contributed by atoms with E-state index in [1.807, 2.05) is 41.0 Å². The third-order valence-electron chi connectivity index (χ3n) is 3.32. The fourth-order valence-corrected chi connectivity index (χ4v) is 2.52. The fourth-order valence-electron chi connectivity index (χ4n) is 2.37. The molecular formula is C16H17ClN4O. The maximum atomic E-state index is 5.98. The van der Waals surface area contributed by atoms with Gasteiger partial charge < -0.3 is 15.0 Å². The molecule has 1 aromatic carbocycles. The average molecular weight is 317 g/mol. The zero-order valence-electron chi connectivity index (χ0n) is 12.1. The van der Waals surface area contributed by atoms with Crippen LogP contribution in [0.2, 0.25) is 5.02 Å². The Bertz CT molecular complexity index is 757. The molecule has 5 nitrogen and oxygen atoms in total. The van der Waals surface area contributed by atoms with E-state index in [1.54, 1.807) is 6.20 Å². The van der Waals surface area contributed by atoms with Crippen LogP contribution < -0.4 is 10.5 Å². The van der Waals surface area contributed by atoms with Crippen LogP contribution in [0.3, 0.4) is 0 Å². The average Bonchev–Trinajstić information content (AvgIpc) is 2.86. The van der Waals surface area contributed by atoms with Crippen LogP contribution in [0.25, 0.3) is 11.2 Å². The summed E-state index contributed by atoms with van der Waals surface area (Å²) >= 11 is 5.98. The number of aromatic nitrogens is 3. The largest absolute Gasteiger partial charge is 0.493 e. The molecule has 0 aliphatic rings. The minimum atomic E-state index is 0.530. The Labute approximate surface area is 133 Å². The lowest BCUT2D eigenvalue weighted by Crippen LogP contribution is -2.15. The Balaban J connectivity index is 1.78. The number of nitrogens with two attached hydrogens (primary N) is 1. The number of fused-ring (bicyclic) bond motifs is 1. The summed E-state index contributed by atoms with van der Waals surface area (Å²) in [6.07, 6.45) is 2.31. The summed E-state index contributed by atoms with van der Waals surface area (Å²) in [5.41, 5.74) is 7.29. The lowest BCUT2D eigenvalue weighted by Gasteiger charge is -2.08. The molecule has 0 saturated carbocycles. The molecule has 2 aromatic heterocycles. The van der Waals surface area contributed by atoms with Gasteiger partial charge in [-0.2, -0.15) is 0 Å². The minimum absolute atomic E-state index is 0.530. The van der Waals surface area contributed by atoms with Crippen LogP contribution in [-0.2, 0) is 13.0 Å². The van der Waals surface area contributed by atoms with E-state index in [4.69, 9.17) is 22.1 Å². The van der Waals surface area contributed by atoms with Gasteiger partial charge in [-0.05, 0) is 18.2 Å². The highest BCUT2D eigenvalue weighted by molar-refractivity contribution is 6.31. The second-order valence-electron chi connectivity index (χ2n) is 4.88. The molecule has 0 aliphatic heterocycles. The number of ether oxygens (including phenoxy) is 1. The Morgan fingerprint density at radius 2 is 2.05 bits per heavy atom. The maximum absolute atomic E-state index is 5.98. The van der Waals surface area contributed by atoms with Gasteiger partial charge in [-0.3, -0.25) is 0 Å². The Morgan fingerprint density at radius 3 is 2.82 bits per heavy atom. The molecule has 3 rings (SSSR count). The zero-order chi connectivity index (χ0) is 15.4. The molecule has 2 N–H and O–H groups in total. The molecule has 6 heteroatoms. The molecule has 0 aliphatic carbocycles. The van der Waals surface area contributed by atoms with Crippen molar-refractivity contribution in [3.63, 3.8) is 0 Å². The Hall–Kier alpha value is -2.11. The van der Waals surface area contributed by atoms with Crippen molar-refractivity contribution < 1.29 is 4.74 Å². The SMILES string of the molecule is NCCn1c(CCOc2ccccc2)nc2cc(Cl)cnc21. The minimum Gasteiger partial charge on any atom is -0.493 e. The van der Waals surface area contributed by atoms with Crippen LogP contribution in [0.5, 0.6) is 5.75 Å². The van der Waals surface area contributed by atoms with E-state index < -0.39 is 0 Å². The van der Waals surface area contributed by atoms with Crippen molar-refractivity contribution in [1.82, 2.24) is 14.5 Å². The van der Waals surface area contributed by atoms with Gasteiger partial charge in [0.1, 0.15) is 17.1 Å². The summed E-state index contributed by atoms with van der Waals surface area (Å²) in [7, 11) is 0. The van der Waals surface area contributed by atoms with E-state index in [2.05, 4.69) is 9.97 Å². The van der Waals surface area contributed by atoms with Gasteiger partial charge in [0.15, 0.2) is 5.65 Å². The van der Waals surface area contributed by atoms with Gasteiger partial charge in [-0.25, -0.2) is 9.97 Å². The zero-order valence-corrected chi connectivity index (χ0v) is 12.8. The second kappa shape index (κ2) is 6.77. The molecule has 0 unspecified atom stereocenters. The highest BCUT2D eigenvalue weighted by atomic mass is 35.5. The fraction of sp³-hybridized carbons (Fsp3) is 0.250. The van der Waals surface area contributed by atoms with Crippen molar-refractivity contribution in [2.24, 2.45) is 5.73 Å². The van der Waals surface area contributed by atoms with Crippen LogP contribution in [-0.4, -0.2) is 27.7 Å². The molecule has 3 aromatic rings. The van der Waals surface area contributed by atoms with Crippen molar-refractivity contribution >= 4 is 22.8 Å². The molecule has 0 radical (unpaired) electrons. The van der Waals surface area contributed by atoms with Gasteiger partial charge in [-0.15, -0.1) is 0 Å². The van der Waals surface area contributed by atoms with E-state index in [9.17, 15) is 0 Å². The van der Waals surface area contributed by atoms with Crippen molar-refractivity contribution in [2.75, 3.05) is 13.2 Å². The molecule has 0 spiro atoms. The molecule has 22 heavy (non-hydrogen) atoms. The molecule has 2 heterocycles. The third-order valence-corrected chi connectivity index (χ3v) is 3.53. The summed E-state index contributed by atoms with van der Waals surface area (Å²) in [4.78, 5) is 8.96. The van der Waals surface area contributed by atoms with E-state index in [-0.39, 0.29) is 0 Å². The van der Waals surface area contributed by atoms with Crippen LogP contribution in [0, 0.1) is 0 Å². The molecule has 0 saturated heterocycles. The second-order valence-corrected chi connectivity index (χ2v) is 5.31. The quantitative estimate of drug-likeness (QED) is 0.759. The summed E-state index contributed by atoms with van der Waals surface area (Å²) < 4.78 is 7.76. The Kier molecular flexibility index (Phi) is 4.56. The van der Waals surface area contributed by atoms with Gasteiger partial charge in [0.25, 0.3) is 0 Å². The van der Waals surface area contributed by atoms with Crippen LogP contribution in [0.1, 0.15) is 5.82 Å². The van der Waals surface area contributed by atoms with Crippen molar-refractivity contribution in [2.45, 2.75) is 13.0 Å². The number of rotatable bonds is 6. The number of pyridine rings is 1. The predicted octanol–water partition coefficient (Wildman–Crippen LogP) is 2.66. The number of hydrogen-bond acceptors (Lipinski definition) is 4. The van der Waals surface area contributed by atoms with E-state index >= 15 is 0 Å². The number of benzene rings is 1. The number of para-hydroxylation sites is 1. The van der Waals surface area contributed by atoms with Crippen molar-refractivity contribution in [3.05, 3.63) is 53.4 Å². The van der Waals surface area contributed by atoms with E-state index in [0.29, 0.717) is 31.1 Å². The molecule has 0 amide bonds. The topological polar surface area (TPSA) is 66.0 Å². The highest BCUT2D eigenvalue weighted by Crippen LogP contribution is 2.18. The smallest absolute Gasteiger partial charge is 0.160 e. The van der Waals surface area contributed by atoms with E-state index in [0.717, 1.165) is 22.7 Å². The van der Waals surface area contributed by atoms with E-state index in [1.165, 1.54) is 0 Å². The maximum Gasteiger partial charge on any atom is 0.160 e. The first-order chi connectivity index (χ1) is 10.8. The molecule has 0 fully saturated rings. The first-order valence-corrected chi connectivity index (χ1v) is 7.54. The van der Waals surface area contributed by atoms with Crippen LogP contribution >= 0.6 is 11.6 Å². The normalized spacial score (nSPS) is 11.0. The Morgan fingerprint density at radius 1 is 1.23 bits per heavy atom. The molecular weight excluding hydrogens is 300 g/mol. The van der Waals surface area contributed by atoms with Crippen molar-refractivity contribution in [1.29, 1.82) is 0 Å². The van der Waals surface area contributed by atoms with Crippen molar-refractivity contribution in [3.8, 4) is 5.75 Å². The lowest BCUT2D eigenvalue weighted by molar-refractivity contribution is 0.317. The number of hydrogen-bond donors (Lipinski definition) is 1. The standard InChI is InChI=1S/C16H17ClN4O/c17-12-10-14-16(19-11-12)21(8-7-18)15(20-14)6-9-22-13-4-2-1-3-5-13/h1-5,10-11H,6-9,18H2. The summed E-state index contributed by atoms with van der Waals surface area (Å²) in [5.74, 6) is 1.76. The van der Waals surface area contributed by atoms with Crippen LogP contribution in [0.4, 0.5) is 0 Å². The first kappa shape index (κ1) is 14.8. The third kappa shape index (κ3) is 3.21. The predicted molar refractivity (Wildman–Crippen MR) is 87.2 cm³/mol. The molecule has 114 valence electrons.